The summed E-state index contributed by atoms with van der Waals surface area (Å²) in [6.45, 7) is -0.510. The zero-order valence-corrected chi connectivity index (χ0v) is 29.1. The van der Waals surface area contributed by atoms with Crippen molar-refractivity contribution in [2.75, 3.05) is 26.9 Å². The van der Waals surface area contributed by atoms with Crippen molar-refractivity contribution in [3.05, 3.63) is 94.1 Å². The highest BCUT2D eigenvalue weighted by Crippen LogP contribution is 2.37. The number of aliphatic hydroxyl groups is 3. The monoisotopic (exact) mass is 751 g/mol. The Morgan fingerprint density at radius 3 is 2.53 bits per heavy atom. The van der Waals surface area contributed by atoms with Gasteiger partial charge in [0.15, 0.2) is 11.5 Å². The maximum Gasteiger partial charge on any atom is 0.416 e. The normalized spacial score (nSPS) is 19.5. The van der Waals surface area contributed by atoms with Crippen LogP contribution in [-0.4, -0.2) is 77.6 Å². The van der Waals surface area contributed by atoms with Crippen molar-refractivity contribution in [3.63, 3.8) is 0 Å². The van der Waals surface area contributed by atoms with Gasteiger partial charge in [-0.3, -0.25) is 9.59 Å². The number of methoxy groups -OCH3 is 1. The molecule has 2 aromatic carbocycles. The highest BCUT2D eigenvalue weighted by atomic mass is 19.4. The molecule has 1 saturated carbocycles. The number of benzene rings is 2. The van der Waals surface area contributed by atoms with Crippen molar-refractivity contribution < 1.29 is 67.0 Å². The lowest BCUT2D eigenvalue weighted by Gasteiger charge is -2.19. The van der Waals surface area contributed by atoms with Gasteiger partial charge in [-0.2, -0.15) is 13.2 Å². The van der Waals surface area contributed by atoms with Crippen molar-refractivity contribution in [2.24, 2.45) is 11.8 Å². The molecule has 5 atom stereocenters. The van der Waals surface area contributed by atoms with Crippen molar-refractivity contribution in [1.82, 2.24) is 0 Å². The standard InChI is InChI=1S/C37H44F3NO12/c1-49-34-21-25(9-7-19-50-35(45)14-8-20-52-41(47)48)15-18-33(34)53-36(46)13-5-3-2-4-12-29-30(32(44)23-31(29)43)17-16-27(42)24-51-28-11-6-10-26(22-28)37(38,39)40/h2,4,6-7,9-11,15-18,21-22,27,29-32,42-44H,3,5,8,12-14,19-20,23-24H2,1H3/t27-,29-,30-,31+,32-/m1/s1. The van der Waals surface area contributed by atoms with Crippen LogP contribution in [0, 0.1) is 22.0 Å². The number of carbonyl (C=O) groups is 2. The van der Waals surface area contributed by atoms with Crippen LogP contribution in [-0.2, 0) is 25.3 Å². The molecule has 0 aliphatic heterocycles. The highest BCUT2D eigenvalue weighted by molar-refractivity contribution is 5.73. The van der Waals surface area contributed by atoms with Crippen LogP contribution in [0.4, 0.5) is 13.2 Å². The van der Waals surface area contributed by atoms with Gasteiger partial charge in [0.2, 0.25) is 0 Å². The van der Waals surface area contributed by atoms with Crippen LogP contribution in [0.5, 0.6) is 17.2 Å². The van der Waals surface area contributed by atoms with Crippen LogP contribution in [0.2, 0.25) is 0 Å². The number of nitrogens with zero attached hydrogens (tertiary/aromatic N) is 1. The fourth-order valence-corrected chi connectivity index (χ4v) is 5.50. The lowest BCUT2D eigenvalue weighted by Crippen LogP contribution is -2.21. The van der Waals surface area contributed by atoms with Crippen LogP contribution in [0.3, 0.4) is 0 Å². The number of ether oxygens (including phenoxy) is 4. The number of hydrogen-bond acceptors (Lipinski definition) is 12. The molecule has 0 aromatic heterocycles. The number of allylic oxidation sites excluding steroid dienone is 2. The first kappa shape index (κ1) is 42.5. The van der Waals surface area contributed by atoms with Crippen molar-refractivity contribution >= 4 is 18.0 Å². The molecule has 1 fully saturated rings. The molecule has 3 rings (SSSR count). The summed E-state index contributed by atoms with van der Waals surface area (Å²) in [6.07, 6.45) is 4.55. The second kappa shape index (κ2) is 21.6. The minimum atomic E-state index is -4.52. The quantitative estimate of drug-likeness (QED) is 0.0357. The maximum atomic E-state index is 12.9. The molecule has 53 heavy (non-hydrogen) atoms. The van der Waals surface area contributed by atoms with E-state index in [2.05, 4.69) is 4.84 Å². The van der Waals surface area contributed by atoms with Gasteiger partial charge in [0, 0.05) is 25.2 Å². The smallest absolute Gasteiger partial charge is 0.416 e. The van der Waals surface area contributed by atoms with Crippen LogP contribution in [0.15, 0.2) is 72.8 Å². The average Bonchev–Trinajstić information content (AvgIpc) is 3.39. The number of hydrogen-bond donors (Lipinski definition) is 3. The summed E-state index contributed by atoms with van der Waals surface area (Å²) in [5.74, 6) is -1.29. The van der Waals surface area contributed by atoms with Gasteiger partial charge in [0.25, 0.3) is 5.09 Å². The van der Waals surface area contributed by atoms with Gasteiger partial charge in [-0.05, 0) is 73.6 Å². The van der Waals surface area contributed by atoms with E-state index in [4.69, 9.17) is 18.9 Å². The first-order chi connectivity index (χ1) is 25.3. The molecular weight excluding hydrogens is 707 g/mol. The summed E-state index contributed by atoms with van der Waals surface area (Å²) in [6, 6.07) is 9.23. The third kappa shape index (κ3) is 15.3. The zero-order valence-electron chi connectivity index (χ0n) is 29.1. The third-order valence-corrected chi connectivity index (χ3v) is 8.16. The summed E-state index contributed by atoms with van der Waals surface area (Å²) < 4.78 is 59.9. The Morgan fingerprint density at radius 1 is 1.02 bits per heavy atom. The van der Waals surface area contributed by atoms with Crippen LogP contribution in [0.25, 0.3) is 6.08 Å². The first-order valence-corrected chi connectivity index (χ1v) is 16.9. The van der Waals surface area contributed by atoms with Crippen LogP contribution < -0.4 is 14.2 Å². The molecule has 0 heterocycles. The SMILES string of the molecule is COc1cc(C=CCOC(=O)CCCO[N+](=O)[O-])ccc1OC(=O)CCCC=CC[C@@H]1[C@@H](C=C[C@@H](O)COc2cccc(C(F)(F)F)c2)[C@H](O)C[C@@H]1O. The minimum absolute atomic E-state index is 0.0132. The molecule has 3 N–H and O–H groups in total. The number of aliphatic hydroxyl groups excluding tert-OH is 3. The highest BCUT2D eigenvalue weighted by Gasteiger charge is 2.39. The van der Waals surface area contributed by atoms with Crippen molar-refractivity contribution in [1.29, 1.82) is 0 Å². The Bertz CT molecular complexity index is 1580. The zero-order chi connectivity index (χ0) is 38.8. The predicted molar refractivity (Wildman–Crippen MR) is 184 cm³/mol. The van der Waals surface area contributed by atoms with Crippen LogP contribution in [0.1, 0.15) is 56.1 Å². The second-order valence-electron chi connectivity index (χ2n) is 12.1. The van der Waals surface area contributed by atoms with Crippen molar-refractivity contribution in [2.45, 2.75) is 69.4 Å². The molecule has 0 spiro atoms. The number of halogens is 3. The molecule has 0 unspecified atom stereocenters. The van der Waals surface area contributed by atoms with E-state index in [1.165, 1.54) is 25.3 Å². The average molecular weight is 752 g/mol. The number of unbranched alkanes of at least 4 members (excludes halogenated alkanes) is 1. The second-order valence-corrected chi connectivity index (χ2v) is 12.1. The predicted octanol–water partition coefficient (Wildman–Crippen LogP) is 5.63. The fraction of sp³-hybridized carbons (Fsp3) is 0.459. The van der Waals surface area contributed by atoms with E-state index in [9.17, 15) is 48.2 Å². The lowest BCUT2D eigenvalue weighted by molar-refractivity contribution is -0.757. The van der Waals surface area contributed by atoms with Gasteiger partial charge < -0.3 is 39.1 Å². The Morgan fingerprint density at radius 2 is 1.79 bits per heavy atom. The van der Waals surface area contributed by atoms with E-state index in [1.54, 1.807) is 36.4 Å². The minimum Gasteiger partial charge on any atom is -0.493 e. The molecule has 0 radical (unpaired) electrons. The van der Waals surface area contributed by atoms with Crippen molar-refractivity contribution in [3.8, 4) is 17.2 Å². The molecular formula is C37H44F3NO12. The first-order valence-electron chi connectivity index (χ1n) is 16.9. The van der Waals surface area contributed by atoms with Gasteiger partial charge >= 0.3 is 18.1 Å². The topological polar surface area (TPSA) is 184 Å². The molecule has 1 aliphatic carbocycles. The van der Waals surface area contributed by atoms with Crippen LogP contribution >= 0.6 is 0 Å². The Balaban J connectivity index is 1.38. The van der Waals surface area contributed by atoms with Gasteiger partial charge in [0.05, 0.1) is 31.5 Å². The Labute approximate surface area is 304 Å². The van der Waals surface area contributed by atoms with E-state index < -0.39 is 53.0 Å². The molecule has 0 saturated heterocycles. The summed E-state index contributed by atoms with van der Waals surface area (Å²) >= 11 is 0. The van der Waals surface area contributed by atoms with E-state index in [0.717, 1.165) is 12.1 Å². The van der Waals surface area contributed by atoms with E-state index >= 15 is 0 Å². The van der Waals surface area contributed by atoms with Gasteiger partial charge in [-0.1, -0.05) is 42.5 Å². The largest absolute Gasteiger partial charge is 0.493 e. The molecule has 1 aliphatic rings. The number of alkyl halides is 3. The molecule has 0 amide bonds. The van der Waals surface area contributed by atoms with Gasteiger partial charge in [-0.25, -0.2) is 0 Å². The molecule has 0 bridgehead atoms. The summed E-state index contributed by atoms with van der Waals surface area (Å²) in [5, 5.41) is 40.5. The lowest BCUT2D eigenvalue weighted by atomic mass is 9.89. The number of carbonyl (C=O) groups excluding carboxylic acids is 2. The molecule has 13 nitrogen and oxygen atoms in total. The Hall–Kier alpha value is -4.93. The summed E-state index contributed by atoms with van der Waals surface area (Å²) in [5.41, 5.74) is -0.173. The summed E-state index contributed by atoms with van der Waals surface area (Å²) in [7, 11) is 1.43. The van der Waals surface area contributed by atoms with E-state index in [1.807, 2.05) is 12.2 Å². The maximum absolute atomic E-state index is 12.9. The van der Waals surface area contributed by atoms with Gasteiger partial charge in [0.1, 0.15) is 25.1 Å². The third-order valence-electron chi connectivity index (χ3n) is 8.16. The molecule has 290 valence electrons. The fourth-order valence-electron chi connectivity index (χ4n) is 5.50. The molecule has 2 aromatic rings. The van der Waals surface area contributed by atoms with E-state index in [-0.39, 0.29) is 62.9 Å². The number of rotatable bonds is 21. The number of esters is 2. The van der Waals surface area contributed by atoms with E-state index in [0.29, 0.717) is 30.6 Å². The molecule has 16 heteroatoms. The Kier molecular flexibility index (Phi) is 17.3. The summed E-state index contributed by atoms with van der Waals surface area (Å²) in [4.78, 5) is 38.4. The van der Waals surface area contributed by atoms with Gasteiger partial charge in [-0.15, -0.1) is 10.1 Å².